The maximum absolute atomic E-state index is 12.9. The molecule has 0 spiro atoms. The Hall–Kier alpha value is -2.34. The molecule has 1 aliphatic rings. The van der Waals surface area contributed by atoms with Crippen molar-refractivity contribution in [2.24, 2.45) is 0 Å². The first kappa shape index (κ1) is 18.5. The van der Waals surface area contributed by atoms with Crippen LogP contribution in [0.1, 0.15) is 23.5 Å². The third-order valence-electron chi connectivity index (χ3n) is 4.76. The minimum atomic E-state index is -0.231. The number of amides is 2. The molecule has 0 saturated carbocycles. The van der Waals surface area contributed by atoms with Crippen molar-refractivity contribution in [3.05, 3.63) is 64.1 Å². The maximum atomic E-state index is 12.9. The summed E-state index contributed by atoms with van der Waals surface area (Å²) < 4.78 is 0.860. The summed E-state index contributed by atoms with van der Waals surface area (Å²) in [6.07, 6.45) is 1.10. The van der Waals surface area contributed by atoms with Crippen LogP contribution in [0.25, 0.3) is 0 Å². The number of nitrogens with zero attached hydrogens (tertiary/aromatic N) is 2. The van der Waals surface area contributed by atoms with E-state index in [1.807, 2.05) is 36.4 Å². The Kier molecular flexibility index (Phi) is 5.93. The third-order valence-corrected chi connectivity index (χ3v) is 5.25. The van der Waals surface area contributed by atoms with Crippen molar-refractivity contribution < 1.29 is 14.7 Å². The van der Waals surface area contributed by atoms with Crippen molar-refractivity contribution in [3.8, 4) is 5.75 Å². The summed E-state index contributed by atoms with van der Waals surface area (Å²) in [4.78, 5) is 27.2. The van der Waals surface area contributed by atoms with Gasteiger partial charge in [-0.15, -0.1) is 0 Å². The highest BCUT2D eigenvalue weighted by atomic mass is 79.9. The SMILES string of the molecule is O=CN1CCN(C(=O)C[C@@H](c2ccccc2)c2cc(Br)ccc2O)CC1. The van der Waals surface area contributed by atoms with Crippen LogP contribution in [0.4, 0.5) is 0 Å². The van der Waals surface area contributed by atoms with E-state index in [0.717, 1.165) is 22.0 Å². The van der Waals surface area contributed by atoms with Crippen LogP contribution in [0.2, 0.25) is 0 Å². The molecule has 1 fully saturated rings. The Labute approximate surface area is 161 Å². The molecular weight excluding hydrogens is 396 g/mol. The molecule has 2 amide bonds. The fourth-order valence-electron chi connectivity index (χ4n) is 3.28. The van der Waals surface area contributed by atoms with Crippen molar-refractivity contribution in [1.29, 1.82) is 0 Å². The monoisotopic (exact) mass is 416 g/mol. The first-order chi connectivity index (χ1) is 12.6. The number of piperazine rings is 1. The average Bonchev–Trinajstić information content (AvgIpc) is 2.68. The van der Waals surface area contributed by atoms with Gasteiger partial charge in [0.15, 0.2) is 0 Å². The average molecular weight is 417 g/mol. The second-order valence-electron chi connectivity index (χ2n) is 6.39. The van der Waals surface area contributed by atoms with Crippen LogP contribution in [0, 0.1) is 0 Å². The quantitative estimate of drug-likeness (QED) is 0.762. The smallest absolute Gasteiger partial charge is 0.223 e. The molecule has 26 heavy (non-hydrogen) atoms. The minimum absolute atomic E-state index is 0.0313. The molecule has 3 rings (SSSR count). The van der Waals surface area contributed by atoms with Gasteiger partial charge in [0.1, 0.15) is 5.75 Å². The molecule has 1 heterocycles. The Morgan fingerprint density at radius 2 is 1.81 bits per heavy atom. The standard InChI is InChI=1S/C20H21BrN2O3/c21-16-6-7-19(25)18(12-16)17(15-4-2-1-3-5-15)13-20(26)23-10-8-22(14-24)9-11-23/h1-7,12,14,17,25H,8-11,13H2/t17-/m0/s1. The molecule has 1 atom stereocenters. The number of phenols is 1. The highest BCUT2D eigenvalue weighted by Gasteiger charge is 2.26. The van der Waals surface area contributed by atoms with Gasteiger partial charge in [-0.05, 0) is 23.8 Å². The zero-order valence-electron chi connectivity index (χ0n) is 14.3. The number of carbonyl (C=O) groups is 2. The largest absolute Gasteiger partial charge is 0.508 e. The molecule has 1 saturated heterocycles. The Bertz CT molecular complexity index is 774. The number of phenolic OH excluding ortho intramolecular Hbond substituents is 1. The molecule has 0 aromatic heterocycles. The molecule has 0 unspecified atom stereocenters. The summed E-state index contributed by atoms with van der Waals surface area (Å²) in [6.45, 7) is 2.22. The topological polar surface area (TPSA) is 60.9 Å². The number of hydrogen-bond donors (Lipinski definition) is 1. The fraction of sp³-hybridized carbons (Fsp3) is 0.300. The lowest BCUT2D eigenvalue weighted by molar-refractivity contribution is -0.135. The molecule has 1 N–H and O–H groups in total. The Morgan fingerprint density at radius 3 is 2.46 bits per heavy atom. The number of hydrogen-bond acceptors (Lipinski definition) is 3. The van der Waals surface area contributed by atoms with Gasteiger partial charge in [0.2, 0.25) is 12.3 Å². The van der Waals surface area contributed by atoms with Crippen LogP contribution in [-0.4, -0.2) is 53.4 Å². The zero-order valence-corrected chi connectivity index (χ0v) is 15.9. The lowest BCUT2D eigenvalue weighted by Gasteiger charge is -2.33. The van der Waals surface area contributed by atoms with Crippen LogP contribution >= 0.6 is 15.9 Å². The summed E-state index contributed by atoms with van der Waals surface area (Å²) in [5.41, 5.74) is 1.71. The van der Waals surface area contributed by atoms with E-state index in [4.69, 9.17) is 0 Å². The van der Waals surface area contributed by atoms with Gasteiger partial charge in [0.05, 0.1) is 0 Å². The van der Waals surface area contributed by atoms with Crippen LogP contribution in [0.15, 0.2) is 53.0 Å². The Morgan fingerprint density at radius 1 is 1.12 bits per heavy atom. The van der Waals surface area contributed by atoms with Gasteiger partial charge in [-0.1, -0.05) is 46.3 Å². The summed E-state index contributed by atoms with van der Waals surface area (Å²) in [6, 6.07) is 15.0. The summed E-state index contributed by atoms with van der Waals surface area (Å²) in [7, 11) is 0. The van der Waals surface area contributed by atoms with Gasteiger partial charge in [-0.2, -0.15) is 0 Å². The maximum Gasteiger partial charge on any atom is 0.223 e. The van der Waals surface area contributed by atoms with Crippen molar-refractivity contribution in [3.63, 3.8) is 0 Å². The van der Waals surface area contributed by atoms with E-state index in [1.54, 1.807) is 21.9 Å². The highest BCUT2D eigenvalue weighted by molar-refractivity contribution is 9.10. The Balaban J connectivity index is 1.84. The van der Waals surface area contributed by atoms with Gasteiger partial charge in [-0.25, -0.2) is 0 Å². The second-order valence-corrected chi connectivity index (χ2v) is 7.31. The van der Waals surface area contributed by atoms with Gasteiger partial charge >= 0.3 is 0 Å². The van der Waals surface area contributed by atoms with Gasteiger partial charge in [-0.3, -0.25) is 9.59 Å². The molecule has 0 aliphatic carbocycles. The van der Waals surface area contributed by atoms with Crippen LogP contribution < -0.4 is 0 Å². The molecule has 136 valence electrons. The molecule has 0 bridgehead atoms. The minimum Gasteiger partial charge on any atom is -0.508 e. The van der Waals surface area contributed by atoms with E-state index in [1.165, 1.54) is 0 Å². The molecule has 2 aromatic carbocycles. The number of halogens is 1. The summed E-state index contributed by atoms with van der Waals surface area (Å²) >= 11 is 3.45. The predicted molar refractivity (Wildman–Crippen MR) is 103 cm³/mol. The van der Waals surface area contributed by atoms with Crippen molar-refractivity contribution in [1.82, 2.24) is 9.80 Å². The highest BCUT2D eigenvalue weighted by Crippen LogP contribution is 2.36. The van der Waals surface area contributed by atoms with E-state index in [9.17, 15) is 14.7 Å². The molecule has 5 nitrogen and oxygen atoms in total. The molecule has 6 heteroatoms. The molecule has 1 aliphatic heterocycles. The number of carbonyl (C=O) groups excluding carboxylic acids is 2. The zero-order chi connectivity index (χ0) is 18.5. The predicted octanol–water partition coefficient (Wildman–Crippen LogP) is 2.98. The first-order valence-electron chi connectivity index (χ1n) is 8.59. The number of aromatic hydroxyl groups is 1. The van der Waals surface area contributed by atoms with Crippen LogP contribution in [-0.2, 0) is 9.59 Å². The van der Waals surface area contributed by atoms with Crippen LogP contribution in [0.5, 0.6) is 5.75 Å². The second kappa shape index (κ2) is 8.36. The van der Waals surface area contributed by atoms with E-state index in [0.29, 0.717) is 26.2 Å². The van der Waals surface area contributed by atoms with Gasteiger partial charge in [0.25, 0.3) is 0 Å². The van der Waals surface area contributed by atoms with E-state index < -0.39 is 0 Å². The van der Waals surface area contributed by atoms with E-state index in [-0.39, 0.29) is 24.0 Å². The van der Waals surface area contributed by atoms with Crippen molar-refractivity contribution >= 4 is 28.2 Å². The fourth-order valence-corrected chi connectivity index (χ4v) is 3.66. The van der Waals surface area contributed by atoms with Crippen molar-refractivity contribution in [2.45, 2.75) is 12.3 Å². The van der Waals surface area contributed by atoms with E-state index in [2.05, 4.69) is 15.9 Å². The molecule has 0 radical (unpaired) electrons. The van der Waals surface area contributed by atoms with Gasteiger partial charge in [0, 0.05) is 48.6 Å². The number of benzene rings is 2. The summed E-state index contributed by atoms with van der Waals surface area (Å²) in [5, 5.41) is 10.4. The number of rotatable bonds is 5. The molecular formula is C20H21BrN2O3. The van der Waals surface area contributed by atoms with Gasteiger partial charge < -0.3 is 14.9 Å². The lowest BCUT2D eigenvalue weighted by Crippen LogP contribution is -2.48. The van der Waals surface area contributed by atoms with Crippen molar-refractivity contribution in [2.75, 3.05) is 26.2 Å². The van der Waals surface area contributed by atoms with Crippen LogP contribution in [0.3, 0.4) is 0 Å². The molecule has 2 aromatic rings. The third kappa shape index (κ3) is 4.25. The lowest BCUT2D eigenvalue weighted by atomic mass is 9.87. The first-order valence-corrected chi connectivity index (χ1v) is 9.38. The summed E-state index contributed by atoms with van der Waals surface area (Å²) in [5.74, 6) is -0.0188. The van der Waals surface area contributed by atoms with E-state index >= 15 is 0 Å². The normalized spacial score (nSPS) is 15.6.